The van der Waals surface area contributed by atoms with Gasteiger partial charge in [-0.15, -0.1) is 0 Å². The summed E-state index contributed by atoms with van der Waals surface area (Å²) in [5, 5.41) is 2.48. The molecule has 2 aliphatic heterocycles. The van der Waals surface area contributed by atoms with Gasteiger partial charge in [-0.1, -0.05) is 0 Å². The van der Waals surface area contributed by atoms with Crippen molar-refractivity contribution in [3.63, 3.8) is 0 Å². The normalized spacial score (nSPS) is 28.7. The fraction of sp³-hybridized carbons (Fsp3) is 0.500. The summed E-state index contributed by atoms with van der Waals surface area (Å²) in [7, 11) is 0. The molecule has 0 unspecified atom stereocenters. The molecule has 4 nitrogen and oxygen atoms in total. The van der Waals surface area contributed by atoms with Crippen molar-refractivity contribution < 1.29 is 9.59 Å². The summed E-state index contributed by atoms with van der Waals surface area (Å²) < 4.78 is 1.32. The van der Waals surface area contributed by atoms with E-state index in [9.17, 15) is 9.59 Å². The first-order chi connectivity index (χ1) is 9.84. The van der Waals surface area contributed by atoms with Crippen molar-refractivity contribution in [3.8, 4) is 0 Å². The van der Waals surface area contributed by atoms with Crippen LogP contribution in [0.3, 0.4) is 0 Å². The number of amides is 3. The molecule has 1 aromatic carbocycles. The van der Waals surface area contributed by atoms with E-state index in [1.807, 2.05) is 13.0 Å². The van der Waals surface area contributed by atoms with Crippen LogP contribution in [-0.4, -0.2) is 43.4 Å². The quantitative estimate of drug-likeness (QED) is 0.666. The Hall–Kier alpha value is -1.32. The van der Waals surface area contributed by atoms with Gasteiger partial charge in [0.15, 0.2) is 0 Å². The number of carbonyl (C=O) groups excluding carboxylic acids is 2. The van der Waals surface area contributed by atoms with E-state index in [-0.39, 0.29) is 37.3 Å². The summed E-state index contributed by atoms with van der Waals surface area (Å²) in [6, 6.07) is 10.3. The Kier molecular flexibility index (Phi) is 3.38. The average Bonchev–Trinajstić information content (AvgIpc) is 2.88. The van der Waals surface area contributed by atoms with Crippen molar-refractivity contribution in [2.24, 2.45) is 0 Å². The molecule has 0 radical (unpaired) electrons. The molecule has 112 valence electrons. The van der Waals surface area contributed by atoms with E-state index in [1.165, 1.54) is 4.46 Å². The van der Waals surface area contributed by atoms with Gasteiger partial charge in [0, 0.05) is 0 Å². The minimum absolute atomic E-state index is 0.00588. The molecule has 2 fully saturated rings. The Morgan fingerprint density at radius 3 is 2.62 bits per heavy atom. The first kappa shape index (κ1) is 14.6. The van der Waals surface area contributed by atoms with Gasteiger partial charge in [-0.25, -0.2) is 0 Å². The van der Waals surface area contributed by atoms with Crippen molar-refractivity contribution in [2.75, 3.05) is 0 Å². The Bertz CT molecular complexity index is 587. The molecule has 2 saturated heterocycles. The van der Waals surface area contributed by atoms with Crippen LogP contribution in [0.4, 0.5) is 4.79 Å². The van der Waals surface area contributed by atoms with E-state index in [0.717, 1.165) is 12.8 Å². The van der Waals surface area contributed by atoms with Gasteiger partial charge in [0.25, 0.3) is 0 Å². The molecule has 5 heteroatoms. The number of rotatable bonds is 3. The monoisotopic (exact) mass is 352 g/mol. The van der Waals surface area contributed by atoms with Crippen LogP contribution in [0, 0.1) is 0 Å². The zero-order chi connectivity index (χ0) is 15.3. The van der Waals surface area contributed by atoms with E-state index < -0.39 is 5.54 Å². The second kappa shape index (κ2) is 4.85. The Labute approximate surface area is 131 Å². The van der Waals surface area contributed by atoms with E-state index in [1.54, 1.807) is 4.90 Å². The van der Waals surface area contributed by atoms with Crippen LogP contribution in [0.25, 0.3) is 0 Å². The zero-order valence-corrected chi connectivity index (χ0v) is 14.3. The van der Waals surface area contributed by atoms with Crippen LogP contribution in [0.15, 0.2) is 30.3 Å². The molecule has 3 rings (SSSR count). The van der Waals surface area contributed by atoms with Gasteiger partial charge < -0.3 is 0 Å². The van der Waals surface area contributed by atoms with Crippen molar-refractivity contribution >= 4 is 31.4 Å². The van der Waals surface area contributed by atoms with Crippen molar-refractivity contribution in [1.29, 1.82) is 0 Å². The standard InChI is InChI=1S/C16H20N2O2Se/c1-15(2,21-11-7-5-4-6-8-11)12-9-10-16(3)13(19)17-14(20)18(12)16/h4-8,12H,9-10H2,1-3H3,(H,17,19,20)/t12-,16-/m0/s1. The molecule has 0 aromatic heterocycles. The molecule has 1 N–H and O–H groups in total. The van der Waals surface area contributed by atoms with Crippen LogP contribution in [0.1, 0.15) is 33.6 Å². The molecule has 0 saturated carbocycles. The molecule has 0 spiro atoms. The molecule has 3 amide bonds. The third-order valence-corrected chi connectivity index (χ3v) is 7.34. The topological polar surface area (TPSA) is 49.4 Å². The van der Waals surface area contributed by atoms with Gasteiger partial charge in [-0.3, -0.25) is 0 Å². The summed E-state index contributed by atoms with van der Waals surface area (Å²) in [6.07, 6.45) is 1.65. The molecule has 1 aromatic rings. The predicted octanol–water partition coefficient (Wildman–Crippen LogP) is 1.69. The molecule has 2 heterocycles. The van der Waals surface area contributed by atoms with Gasteiger partial charge in [-0.05, 0) is 0 Å². The molecule has 0 aliphatic carbocycles. The van der Waals surface area contributed by atoms with Crippen LogP contribution in [0.2, 0.25) is 4.31 Å². The molecule has 0 bridgehead atoms. The molecular formula is C16H20N2O2Se. The molecule has 2 atom stereocenters. The second-order valence-corrected chi connectivity index (χ2v) is 10.1. The van der Waals surface area contributed by atoms with Gasteiger partial charge in [0.1, 0.15) is 0 Å². The third kappa shape index (κ3) is 2.29. The summed E-state index contributed by atoms with van der Waals surface area (Å²) in [5.74, 6) is -0.141. The second-order valence-electron chi connectivity index (χ2n) is 6.48. The van der Waals surface area contributed by atoms with E-state index in [2.05, 4.69) is 43.4 Å². The zero-order valence-electron chi connectivity index (χ0n) is 12.6. The molecular weight excluding hydrogens is 331 g/mol. The van der Waals surface area contributed by atoms with E-state index in [0.29, 0.717) is 0 Å². The Morgan fingerprint density at radius 2 is 1.95 bits per heavy atom. The van der Waals surface area contributed by atoms with Gasteiger partial charge in [0.05, 0.1) is 0 Å². The maximum absolute atomic E-state index is 12.2. The van der Waals surface area contributed by atoms with Crippen LogP contribution < -0.4 is 9.78 Å². The van der Waals surface area contributed by atoms with Crippen molar-refractivity contribution in [3.05, 3.63) is 30.3 Å². The summed E-state index contributed by atoms with van der Waals surface area (Å²) >= 11 is 0.246. The first-order valence-corrected chi connectivity index (χ1v) is 8.95. The van der Waals surface area contributed by atoms with E-state index in [4.69, 9.17) is 0 Å². The number of imide groups is 1. The van der Waals surface area contributed by atoms with Gasteiger partial charge in [0.2, 0.25) is 0 Å². The number of hydrogen-bond donors (Lipinski definition) is 1. The van der Waals surface area contributed by atoms with Crippen LogP contribution in [0.5, 0.6) is 0 Å². The number of benzene rings is 1. The number of fused-ring (bicyclic) bond motifs is 1. The van der Waals surface area contributed by atoms with Gasteiger partial charge in [-0.2, -0.15) is 0 Å². The van der Waals surface area contributed by atoms with Crippen LogP contribution >= 0.6 is 0 Å². The number of carbonyl (C=O) groups is 2. The number of nitrogens with one attached hydrogen (secondary N) is 1. The number of nitrogens with zero attached hydrogens (tertiary/aromatic N) is 1. The fourth-order valence-corrected chi connectivity index (χ4v) is 6.05. The van der Waals surface area contributed by atoms with Gasteiger partial charge >= 0.3 is 131 Å². The SMILES string of the molecule is CC(C)([Se]c1ccccc1)[C@@H]1CC[C@@]2(C)C(=O)NC(=O)N12. The van der Waals surface area contributed by atoms with Crippen LogP contribution in [-0.2, 0) is 4.79 Å². The summed E-state index contributed by atoms with van der Waals surface area (Å²) in [5.41, 5.74) is -0.647. The third-order valence-electron chi connectivity index (χ3n) is 4.60. The maximum atomic E-state index is 12.2. The Morgan fingerprint density at radius 1 is 1.29 bits per heavy atom. The Balaban J connectivity index is 1.86. The predicted molar refractivity (Wildman–Crippen MR) is 82.7 cm³/mol. The minimum atomic E-state index is -0.647. The van der Waals surface area contributed by atoms with Crippen molar-refractivity contribution in [2.45, 2.75) is 49.5 Å². The fourth-order valence-electron chi connectivity index (χ4n) is 3.41. The first-order valence-electron chi connectivity index (χ1n) is 7.23. The summed E-state index contributed by atoms with van der Waals surface area (Å²) in [4.78, 5) is 26.0. The number of urea groups is 1. The average molecular weight is 351 g/mol. The number of hydrogen-bond acceptors (Lipinski definition) is 2. The van der Waals surface area contributed by atoms with E-state index >= 15 is 0 Å². The summed E-state index contributed by atoms with van der Waals surface area (Å²) in [6.45, 7) is 6.32. The molecule has 21 heavy (non-hydrogen) atoms. The van der Waals surface area contributed by atoms with Crippen molar-refractivity contribution in [1.82, 2.24) is 10.2 Å². The molecule has 2 aliphatic rings.